The summed E-state index contributed by atoms with van der Waals surface area (Å²) >= 11 is 0. The van der Waals surface area contributed by atoms with Crippen LogP contribution in [0.1, 0.15) is 40.5 Å². The lowest BCUT2D eigenvalue weighted by Gasteiger charge is -2.38. The zero-order valence-electron chi connectivity index (χ0n) is 13.7. The van der Waals surface area contributed by atoms with Gasteiger partial charge in [0.05, 0.1) is 18.8 Å². The summed E-state index contributed by atoms with van der Waals surface area (Å²) in [6.45, 7) is 0.684. The number of aromatic nitrogens is 1. The first kappa shape index (κ1) is 15.9. The second kappa shape index (κ2) is 6.37. The molecule has 1 aromatic carbocycles. The number of aliphatic hydroxyl groups excluding tert-OH is 1. The van der Waals surface area contributed by atoms with E-state index in [1.807, 2.05) is 12.1 Å². The lowest BCUT2D eigenvalue weighted by Crippen LogP contribution is -2.41. The molecule has 6 heteroatoms. The number of carbonyl (C=O) groups is 1. The molecule has 1 saturated carbocycles. The van der Waals surface area contributed by atoms with E-state index in [1.165, 1.54) is 6.07 Å². The Bertz CT molecular complexity index is 854. The van der Waals surface area contributed by atoms with Crippen molar-refractivity contribution in [2.75, 3.05) is 6.61 Å². The maximum atomic E-state index is 12.6. The molecule has 2 heterocycles. The van der Waals surface area contributed by atoms with E-state index in [4.69, 9.17) is 4.74 Å². The van der Waals surface area contributed by atoms with Crippen LogP contribution in [0.4, 0.5) is 0 Å². The van der Waals surface area contributed by atoms with Gasteiger partial charge in [0.25, 0.3) is 5.91 Å². The molecular formula is C19H20N2O4. The van der Waals surface area contributed by atoms with Crippen LogP contribution in [0.2, 0.25) is 0 Å². The van der Waals surface area contributed by atoms with Crippen LogP contribution in [0.5, 0.6) is 5.75 Å². The molecule has 0 bridgehead atoms. The molecule has 1 amide bonds. The molecule has 130 valence electrons. The molecule has 1 fully saturated rings. The number of pyridine rings is 1. The number of amides is 1. The summed E-state index contributed by atoms with van der Waals surface area (Å²) in [6, 6.07) is 10.3. The highest BCUT2D eigenvalue weighted by molar-refractivity contribution is 5.92. The van der Waals surface area contributed by atoms with Crippen molar-refractivity contribution in [1.82, 2.24) is 10.3 Å². The molecule has 1 aromatic heterocycles. The first-order valence-corrected chi connectivity index (χ1v) is 8.54. The number of aliphatic hydroxyl groups is 1. The predicted octanol–water partition coefficient (Wildman–Crippen LogP) is 1.55. The molecule has 1 aliphatic heterocycles. The highest BCUT2D eigenvalue weighted by atomic mass is 16.5. The smallest absolute Gasteiger partial charge is 0.268 e. The second-order valence-corrected chi connectivity index (χ2v) is 6.73. The van der Waals surface area contributed by atoms with Crippen molar-refractivity contribution in [1.29, 1.82) is 0 Å². The summed E-state index contributed by atoms with van der Waals surface area (Å²) in [6.07, 6.45) is 1.87. The van der Waals surface area contributed by atoms with Gasteiger partial charge >= 0.3 is 0 Å². The highest BCUT2D eigenvalue weighted by Crippen LogP contribution is 2.39. The Morgan fingerprint density at radius 3 is 2.88 bits per heavy atom. The van der Waals surface area contributed by atoms with Gasteiger partial charge in [0.2, 0.25) is 5.56 Å². The summed E-state index contributed by atoms with van der Waals surface area (Å²) in [5.41, 5.74) is 2.08. The minimum Gasteiger partial charge on any atom is -0.493 e. The Kier molecular flexibility index (Phi) is 4.05. The highest BCUT2D eigenvalue weighted by Gasteiger charge is 2.36. The number of hydrogen-bond donors (Lipinski definition) is 3. The van der Waals surface area contributed by atoms with E-state index in [0.717, 1.165) is 23.3 Å². The van der Waals surface area contributed by atoms with Gasteiger partial charge in [0, 0.05) is 12.5 Å². The Morgan fingerprint density at radius 2 is 2.12 bits per heavy atom. The fourth-order valence-electron chi connectivity index (χ4n) is 3.57. The van der Waals surface area contributed by atoms with E-state index >= 15 is 0 Å². The van der Waals surface area contributed by atoms with Crippen molar-refractivity contribution < 1.29 is 14.6 Å². The van der Waals surface area contributed by atoms with Gasteiger partial charge in [-0.3, -0.25) is 9.59 Å². The zero-order chi connectivity index (χ0) is 17.4. The molecule has 6 nitrogen and oxygen atoms in total. The van der Waals surface area contributed by atoms with Crippen molar-refractivity contribution in [3.05, 3.63) is 63.6 Å². The second-order valence-electron chi connectivity index (χ2n) is 6.73. The fraction of sp³-hybridized carbons (Fsp3) is 0.368. The van der Waals surface area contributed by atoms with Gasteiger partial charge in [-0.05, 0) is 48.1 Å². The first-order chi connectivity index (χ1) is 12.1. The molecule has 2 aromatic rings. The van der Waals surface area contributed by atoms with E-state index in [9.17, 15) is 14.7 Å². The molecule has 0 unspecified atom stereocenters. The summed E-state index contributed by atoms with van der Waals surface area (Å²) in [4.78, 5) is 26.6. The van der Waals surface area contributed by atoms with Gasteiger partial charge in [0.15, 0.2) is 0 Å². The van der Waals surface area contributed by atoms with E-state index in [1.54, 1.807) is 12.1 Å². The van der Waals surface area contributed by atoms with Crippen LogP contribution in [0.15, 0.2) is 41.2 Å². The van der Waals surface area contributed by atoms with Gasteiger partial charge in [-0.2, -0.15) is 0 Å². The van der Waals surface area contributed by atoms with Crippen molar-refractivity contribution in [2.24, 2.45) is 5.92 Å². The molecule has 0 spiro atoms. The molecule has 0 radical (unpaired) electrons. The van der Waals surface area contributed by atoms with Crippen LogP contribution in [-0.2, 0) is 6.42 Å². The van der Waals surface area contributed by atoms with Gasteiger partial charge in [-0.25, -0.2) is 0 Å². The Hall–Kier alpha value is -2.60. The number of carbonyl (C=O) groups excluding carboxylic acids is 1. The average molecular weight is 340 g/mol. The number of fused-ring (bicyclic) bond motifs is 1. The first-order valence-electron chi connectivity index (χ1n) is 8.54. The summed E-state index contributed by atoms with van der Waals surface area (Å²) in [5, 5.41) is 12.7. The molecule has 3 N–H and O–H groups in total. The lowest BCUT2D eigenvalue weighted by molar-refractivity contribution is 0.0234. The monoisotopic (exact) mass is 340 g/mol. The van der Waals surface area contributed by atoms with Crippen LogP contribution in [-0.4, -0.2) is 28.7 Å². The summed E-state index contributed by atoms with van der Waals surface area (Å²) in [5.74, 6) is 0.755. The van der Waals surface area contributed by atoms with Crippen LogP contribution < -0.4 is 15.6 Å². The molecule has 0 saturated heterocycles. The Labute approximate surface area is 144 Å². The van der Waals surface area contributed by atoms with Crippen LogP contribution in [0.25, 0.3) is 0 Å². The average Bonchev–Trinajstić information content (AvgIpc) is 3.04. The van der Waals surface area contributed by atoms with Crippen molar-refractivity contribution in [2.45, 2.75) is 31.4 Å². The van der Waals surface area contributed by atoms with E-state index in [-0.39, 0.29) is 35.2 Å². The van der Waals surface area contributed by atoms with Crippen LogP contribution >= 0.6 is 0 Å². The zero-order valence-corrected chi connectivity index (χ0v) is 13.7. The number of hydrogen-bond acceptors (Lipinski definition) is 4. The molecule has 4 rings (SSSR count). The molecule has 25 heavy (non-hydrogen) atoms. The summed E-state index contributed by atoms with van der Waals surface area (Å²) < 4.78 is 5.55. The van der Waals surface area contributed by atoms with Crippen LogP contribution in [0, 0.1) is 5.92 Å². The molecule has 2 aliphatic rings. The van der Waals surface area contributed by atoms with E-state index in [2.05, 4.69) is 16.4 Å². The normalized spacial score (nSPS) is 22.4. The maximum absolute atomic E-state index is 12.6. The van der Waals surface area contributed by atoms with Crippen molar-refractivity contribution in [3.8, 4) is 5.75 Å². The standard InChI is InChI=1S/C19H20N2O4/c22-14-9-13(10-14)18(12-4-5-16-11(8-12)6-7-25-16)21-19(24)15-2-1-3-17(23)20-15/h1-5,8,13-14,18,22H,6-7,9-10H2,(H,20,23)(H,21,24)/t13?,14?,18-/m0/s1. The van der Waals surface area contributed by atoms with Gasteiger partial charge in [0.1, 0.15) is 11.4 Å². The Morgan fingerprint density at radius 1 is 1.28 bits per heavy atom. The summed E-state index contributed by atoms with van der Waals surface area (Å²) in [7, 11) is 0. The van der Waals surface area contributed by atoms with E-state index in [0.29, 0.717) is 19.4 Å². The number of rotatable bonds is 4. The lowest BCUT2D eigenvalue weighted by atomic mass is 9.74. The number of H-pyrrole nitrogens is 1. The Balaban J connectivity index is 1.60. The molecular weight excluding hydrogens is 320 g/mol. The minimum absolute atomic E-state index is 0.176. The number of benzene rings is 1. The van der Waals surface area contributed by atoms with E-state index < -0.39 is 0 Å². The number of nitrogens with one attached hydrogen (secondary N) is 2. The largest absolute Gasteiger partial charge is 0.493 e. The topological polar surface area (TPSA) is 91.4 Å². The fourth-order valence-corrected chi connectivity index (χ4v) is 3.57. The minimum atomic E-state index is -0.319. The predicted molar refractivity (Wildman–Crippen MR) is 91.6 cm³/mol. The van der Waals surface area contributed by atoms with Gasteiger partial charge in [-0.1, -0.05) is 12.1 Å². The molecule has 1 aliphatic carbocycles. The van der Waals surface area contributed by atoms with Crippen molar-refractivity contribution >= 4 is 5.91 Å². The van der Waals surface area contributed by atoms with Crippen LogP contribution in [0.3, 0.4) is 0 Å². The third kappa shape index (κ3) is 3.17. The third-order valence-corrected chi connectivity index (χ3v) is 4.99. The maximum Gasteiger partial charge on any atom is 0.268 e. The van der Waals surface area contributed by atoms with Gasteiger partial charge < -0.3 is 20.1 Å². The molecule has 1 atom stereocenters. The SMILES string of the molecule is O=C(N[C@@H](c1ccc2c(c1)CCO2)C1CC(O)C1)c1cccc(=O)[nH]1. The van der Waals surface area contributed by atoms with Crippen molar-refractivity contribution in [3.63, 3.8) is 0 Å². The number of ether oxygens (including phenoxy) is 1. The third-order valence-electron chi connectivity index (χ3n) is 4.99. The van der Waals surface area contributed by atoms with Gasteiger partial charge in [-0.15, -0.1) is 0 Å². The number of aromatic amines is 1. The quantitative estimate of drug-likeness (QED) is 0.787.